The molecule has 0 aliphatic heterocycles. The number of hydrogen-bond donors (Lipinski definition) is 1. The van der Waals surface area contributed by atoms with E-state index in [1.807, 2.05) is 0 Å². The summed E-state index contributed by atoms with van der Waals surface area (Å²) in [5.74, 6) is -0.330. The summed E-state index contributed by atoms with van der Waals surface area (Å²) in [4.78, 5) is 10.9. The summed E-state index contributed by atoms with van der Waals surface area (Å²) in [6, 6.07) is 0.399. The highest BCUT2D eigenvalue weighted by Gasteiger charge is 2.05. The SMILES string of the molecule is COC(=O)Cn1cc(CNC(C)C)nn1. The van der Waals surface area contributed by atoms with Crippen LogP contribution in [0, 0.1) is 0 Å². The molecule has 1 aromatic rings. The van der Waals surface area contributed by atoms with Gasteiger partial charge in [-0.1, -0.05) is 19.1 Å². The summed E-state index contributed by atoms with van der Waals surface area (Å²) >= 11 is 0. The maximum Gasteiger partial charge on any atom is 0.327 e. The largest absolute Gasteiger partial charge is 0.468 e. The first-order valence-electron chi connectivity index (χ1n) is 4.81. The van der Waals surface area contributed by atoms with Gasteiger partial charge >= 0.3 is 5.97 Å². The summed E-state index contributed by atoms with van der Waals surface area (Å²) in [5.41, 5.74) is 0.813. The number of nitrogens with one attached hydrogen (secondary N) is 1. The Bertz CT molecular complexity index is 322. The number of methoxy groups -OCH3 is 1. The van der Waals surface area contributed by atoms with Gasteiger partial charge in [0.1, 0.15) is 6.54 Å². The normalized spacial score (nSPS) is 10.7. The highest BCUT2D eigenvalue weighted by Crippen LogP contribution is 1.94. The van der Waals surface area contributed by atoms with Crippen LogP contribution in [0.3, 0.4) is 0 Å². The Hall–Kier alpha value is -1.43. The van der Waals surface area contributed by atoms with Crippen LogP contribution in [0.4, 0.5) is 0 Å². The third-order valence-electron chi connectivity index (χ3n) is 1.80. The Morgan fingerprint density at radius 1 is 1.67 bits per heavy atom. The Morgan fingerprint density at radius 3 is 3.00 bits per heavy atom. The standard InChI is InChI=1S/C9H16N4O2/c1-7(2)10-4-8-5-13(12-11-8)6-9(14)15-3/h5,7,10H,4,6H2,1-3H3. The number of ether oxygens (including phenoxy) is 1. The molecule has 1 aromatic heterocycles. The number of aromatic nitrogens is 3. The fourth-order valence-corrected chi connectivity index (χ4v) is 1.00. The zero-order chi connectivity index (χ0) is 11.3. The molecule has 0 unspecified atom stereocenters. The van der Waals surface area contributed by atoms with Gasteiger partial charge in [-0.05, 0) is 0 Å². The van der Waals surface area contributed by atoms with Gasteiger partial charge < -0.3 is 10.1 Å². The second-order valence-corrected chi connectivity index (χ2v) is 3.52. The Balaban J connectivity index is 2.45. The number of carbonyl (C=O) groups excluding carboxylic acids is 1. The number of esters is 1. The molecule has 0 aliphatic carbocycles. The maximum atomic E-state index is 10.9. The molecule has 1 N–H and O–H groups in total. The molecule has 0 bridgehead atoms. The predicted molar refractivity (Wildman–Crippen MR) is 54.0 cm³/mol. The van der Waals surface area contributed by atoms with Gasteiger partial charge in [-0.2, -0.15) is 0 Å². The lowest BCUT2D eigenvalue weighted by Crippen LogP contribution is -2.22. The summed E-state index contributed by atoms with van der Waals surface area (Å²) in [6.45, 7) is 4.86. The van der Waals surface area contributed by atoms with E-state index in [2.05, 4.69) is 34.2 Å². The fraction of sp³-hybridized carbons (Fsp3) is 0.667. The molecule has 6 nitrogen and oxygen atoms in total. The first kappa shape index (κ1) is 11.6. The van der Waals surface area contributed by atoms with Gasteiger partial charge in [0, 0.05) is 12.6 Å². The van der Waals surface area contributed by atoms with Gasteiger partial charge in [0.25, 0.3) is 0 Å². The molecule has 1 rings (SSSR count). The summed E-state index contributed by atoms with van der Waals surface area (Å²) in [5, 5.41) is 10.9. The minimum Gasteiger partial charge on any atom is -0.468 e. The Morgan fingerprint density at radius 2 is 2.40 bits per heavy atom. The van der Waals surface area contributed by atoms with Crippen molar-refractivity contribution in [1.29, 1.82) is 0 Å². The first-order valence-corrected chi connectivity index (χ1v) is 4.81. The van der Waals surface area contributed by atoms with Crippen LogP contribution in [0.5, 0.6) is 0 Å². The molecule has 15 heavy (non-hydrogen) atoms. The minimum absolute atomic E-state index is 0.102. The van der Waals surface area contributed by atoms with Crippen LogP contribution in [0.2, 0.25) is 0 Å². The van der Waals surface area contributed by atoms with E-state index < -0.39 is 0 Å². The summed E-state index contributed by atoms with van der Waals surface area (Å²) in [6.07, 6.45) is 1.73. The average molecular weight is 212 g/mol. The van der Waals surface area contributed by atoms with Gasteiger partial charge in [0.15, 0.2) is 0 Å². The molecule has 0 saturated heterocycles. The first-order chi connectivity index (χ1) is 7.11. The van der Waals surface area contributed by atoms with Crippen LogP contribution in [0.25, 0.3) is 0 Å². The van der Waals surface area contributed by atoms with E-state index in [-0.39, 0.29) is 12.5 Å². The van der Waals surface area contributed by atoms with E-state index in [4.69, 9.17) is 0 Å². The molecule has 1 heterocycles. The molecule has 0 fully saturated rings. The number of nitrogens with zero attached hydrogens (tertiary/aromatic N) is 3. The van der Waals surface area contributed by atoms with Crippen LogP contribution in [0.15, 0.2) is 6.20 Å². The molecular formula is C9H16N4O2. The van der Waals surface area contributed by atoms with Crippen LogP contribution in [-0.2, 0) is 22.6 Å². The average Bonchev–Trinajstić information content (AvgIpc) is 2.62. The molecule has 84 valence electrons. The topological polar surface area (TPSA) is 69.0 Å². The number of rotatable bonds is 5. The highest BCUT2D eigenvalue weighted by atomic mass is 16.5. The Labute approximate surface area is 88.6 Å². The lowest BCUT2D eigenvalue weighted by Gasteiger charge is -2.04. The monoisotopic (exact) mass is 212 g/mol. The predicted octanol–water partition coefficient (Wildman–Crippen LogP) is -0.0509. The minimum atomic E-state index is -0.330. The van der Waals surface area contributed by atoms with Crippen molar-refractivity contribution in [3.05, 3.63) is 11.9 Å². The third kappa shape index (κ3) is 4.07. The van der Waals surface area contributed by atoms with Gasteiger partial charge in [-0.15, -0.1) is 5.10 Å². The van der Waals surface area contributed by atoms with E-state index in [9.17, 15) is 4.79 Å². The molecular weight excluding hydrogens is 196 g/mol. The molecule has 0 aliphatic rings. The van der Waals surface area contributed by atoms with Crippen molar-refractivity contribution in [3.63, 3.8) is 0 Å². The van der Waals surface area contributed by atoms with Gasteiger partial charge in [0.2, 0.25) is 0 Å². The maximum absolute atomic E-state index is 10.9. The molecule has 0 amide bonds. The van der Waals surface area contributed by atoms with E-state index in [1.54, 1.807) is 6.20 Å². The van der Waals surface area contributed by atoms with Crippen molar-refractivity contribution in [2.75, 3.05) is 7.11 Å². The van der Waals surface area contributed by atoms with Gasteiger partial charge in [-0.3, -0.25) is 4.79 Å². The zero-order valence-corrected chi connectivity index (χ0v) is 9.23. The third-order valence-corrected chi connectivity index (χ3v) is 1.80. The van der Waals surface area contributed by atoms with Crippen molar-refractivity contribution >= 4 is 5.97 Å². The molecule has 0 saturated carbocycles. The molecule has 0 aromatic carbocycles. The Kier molecular flexibility index (Phi) is 4.23. The van der Waals surface area contributed by atoms with Crippen LogP contribution >= 0.6 is 0 Å². The molecule has 0 spiro atoms. The van der Waals surface area contributed by atoms with Crippen LogP contribution in [0.1, 0.15) is 19.5 Å². The number of carbonyl (C=O) groups is 1. The second-order valence-electron chi connectivity index (χ2n) is 3.52. The highest BCUT2D eigenvalue weighted by molar-refractivity contribution is 5.68. The summed E-state index contributed by atoms with van der Waals surface area (Å²) < 4.78 is 5.98. The van der Waals surface area contributed by atoms with E-state index in [0.717, 1.165) is 5.69 Å². The van der Waals surface area contributed by atoms with Crippen LogP contribution in [-0.4, -0.2) is 34.1 Å². The second kappa shape index (κ2) is 5.45. The lowest BCUT2D eigenvalue weighted by atomic mass is 10.3. The molecule has 6 heteroatoms. The van der Waals surface area contributed by atoms with Crippen molar-refractivity contribution in [2.45, 2.75) is 33.0 Å². The van der Waals surface area contributed by atoms with Crippen molar-refractivity contribution in [3.8, 4) is 0 Å². The quantitative estimate of drug-likeness (QED) is 0.693. The zero-order valence-electron chi connectivity index (χ0n) is 9.23. The van der Waals surface area contributed by atoms with Gasteiger partial charge in [0.05, 0.1) is 19.0 Å². The fourth-order valence-electron chi connectivity index (χ4n) is 1.00. The summed E-state index contributed by atoms with van der Waals surface area (Å²) in [7, 11) is 1.35. The van der Waals surface area contributed by atoms with Crippen LogP contribution < -0.4 is 5.32 Å². The lowest BCUT2D eigenvalue weighted by molar-refractivity contribution is -0.141. The van der Waals surface area contributed by atoms with E-state index in [0.29, 0.717) is 12.6 Å². The van der Waals surface area contributed by atoms with E-state index >= 15 is 0 Å². The molecule has 0 atom stereocenters. The van der Waals surface area contributed by atoms with Crippen molar-refractivity contribution < 1.29 is 9.53 Å². The molecule has 0 radical (unpaired) electrons. The van der Waals surface area contributed by atoms with E-state index in [1.165, 1.54) is 11.8 Å². The number of hydrogen-bond acceptors (Lipinski definition) is 5. The van der Waals surface area contributed by atoms with Crippen molar-refractivity contribution in [1.82, 2.24) is 20.3 Å². The van der Waals surface area contributed by atoms with Crippen molar-refractivity contribution in [2.24, 2.45) is 0 Å². The smallest absolute Gasteiger partial charge is 0.327 e. The van der Waals surface area contributed by atoms with Gasteiger partial charge in [-0.25, -0.2) is 4.68 Å².